The number of benzene rings is 1. The van der Waals surface area contributed by atoms with Crippen LogP contribution < -0.4 is 5.32 Å². The van der Waals surface area contributed by atoms with Crippen LogP contribution in [0.25, 0.3) is 0 Å². The van der Waals surface area contributed by atoms with Crippen molar-refractivity contribution >= 4 is 37.9 Å². The third kappa shape index (κ3) is 3.28. The van der Waals surface area contributed by atoms with E-state index in [1.807, 2.05) is 6.07 Å². The fourth-order valence-corrected chi connectivity index (χ4v) is 4.30. The van der Waals surface area contributed by atoms with Crippen molar-refractivity contribution in [1.82, 2.24) is 14.5 Å². The summed E-state index contributed by atoms with van der Waals surface area (Å²) in [4.78, 5) is 26.4. The van der Waals surface area contributed by atoms with Gasteiger partial charge in [0.1, 0.15) is 11.3 Å². The number of urea groups is 1. The van der Waals surface area contributed by atoms with Gasteiger partial charge in [0, 0.05) is 24.1 Å². The van der Waals surface area contributed by atoms with Crippen LogP contribution in [0.1, 0.15) is 18.2 Å². The van der Waals surface area contributed by atoms with Crippen molar-refractivity contribution in [2.45, 2.75) is 24.1 Å². The Morgan fingerprint density at radius 3 is 2.48 bits per heavy atom. The zero-order chi connectivity index (χ0) is 20.0. The molecule has 3 rings (SSSR count). The normalized spacial score (nSPS) is 20.4. The standard InChI is InChI=1S/C17H18BrN3O5S/c1-17(12-6-4-5-7-13(12)18)15(22)21(16(23)19-17)10-11-8-9-14(26-11)27(24,25)20(2)3/h4-9H,10H2,1-3H3,(H,19,23). The van der Waals surface area contributed by atoms with Gasteiger partial charge in [-0.2, -0.15) is 0 Å². The molecule has 144 valence electrons. The second kappa shape index (κ2) is 6.77. The fourth-order valence-electron chi connectivity index (χ4n) is 2.81. The van der Waals surface area contributed by atoms with Crippen molar-refractivity contribution in [2.24, 2.45) is 0 Å². The molecule has 0 bridgehead atoms. The zero-order valence-electron chi connectivity index (χ0n) is 14.9. The molecule has 1 aromatic carbocycles. The number of imide groups is 1. The van der Waals surface area contributed by atoms with E-state index < -0.39 is 27.5 Å². The Bertz CT molecular complexity index is 1020. The summed E-state index contributed by atoms with van der Waals surface area (Å²) in [5.74, 6) is -0.261. The van der Waals surface area contributed by atoms with Gasteiger partial charge in [-0.05, 0) is 25.1 Å². The maximum atomic E-state index is 13.0. The number of carbonyl (C=O) groups excluding carboxylic acids is 2. The van der Waals surface area contributed by atoms with Gasteiger partial charge in [-0.25, -0.2) is 17.5 Å². The second-order valence-corrected chi connectivity index (χ2v) is 9.37. The highest BCUT2D eigenvalue weighted by Crippen LogP contribution is 2.34. The molecule has 1 unspecified atom stereocenters. The topological polar surface area (TPSA) is 99.9 Å². The maximum absolute atomic E-state index is 13.0. The van der Waals surface area contributed by atoms with Crippen molar-refractivity contribution in [2.75, 3.05) is 14.1 Å². The first-order chi connectivity index (χ1) is 12.6. The molecule has 1 aliphatic rings. The summed E-state index contributed by atoms with van der Waals surface area (Å²) in [5.41, 5.74) is -0.608. The molecule has 1 aliphatic heterocycles. The van der Waals surface area contributed by atoms with E-state index in [4.69, 9.17) is 4.42 Å². The Morgan fingerprint density at radius 2 is 1.85 bits per heavy atom. The number of hydrogen-bond donors (Lipinski definition) is 1. The monoisotopic (exact) mass is 455 g/mol. The van der Waals surface area contributed by atoms with Crippen LogP contribution in [-0.4, -0.2) is 43.7 Å². The van der Waals surface area contributed by atoms with Gasteiger partial charge in [-0.15, -0.1) is 0 Å². The van der Waals surface area contributed by atoms with E-state index in [-0.39, 0.29) is 17.4 Å². The molecule has 2 aromatic rings. The Labute approximate surface area is 165 Å². The van der Waals surface area contributed by atoms with Crippen LogP contribution in [0.15, 0.2) is 50.4 Å². The van der Waals surface area contributed by atoms with Crippen LogP contribution in [0.3, 0.4) is 0 Å². The summed E-state index contributed by atoms with van der Waals surface area (Å²) in [5, 5.41) is 2.45. The minimum Gasteiger partial charge on any atom is -0.446 e. The van der Waals surface area contributed by atoms with E-state index in [0.29, 0.717) is 10.0 Å². The van der Waals surface area contributed by atoms with E-state index in [0.717, 1.165) is 9.21 Å². The molecule has 3 amide bonds. The molecule has 1 fully saturated rings. The fraction of sp³-hybridized carbons (Fsp3) is 0.294. The number of carbonyl (C=O) groups is 2. The van der Waals surface area contributed by atoms with Gasteiger partial charge in [-0.1, -0.05) is 34.1 Å². The molecule has 0 spiro atoms. The van der Waals surface area contributed by atoms with Crippen LogP contribution in [0, 0.1) is 0 Å². The smallest absolute Gasteiger partial charge is 0.325 e. The van der Waals surface area contributed by atoms with Gasteiger partial charge in [-0.3, -0.25) is 9.69 Å². The number of nitrogens with one attached hydrogen (secondary N) is 1. The molecule has 1 N–H and O–H groups in total. The van der Waals surface area contributed by atoms with Crippen LogP contribution in [0.2, 0.25) is 0 Å². The largest absolute Gasteiger partial charge is 0.446 e. The van der Waals surface area contributed by atoms with Crippen molar-refractivity contribution < 1.29 is 22.4 Å². The predicted molar refractivity (Wildman–Crippen MR) is 100 cm³/mol. The molecule has 2 heterocycles. The summed E-state index contributed by atoms with van der Waals surface area (Å²) in [7, 11) is -0.958. The van der Waals surface area contributed by atoms with Gasteiger partial charge in [0.2, 0.25) is 5.09 Å². The number of nitrogens with zero attached hydrogens (tertiary/aromatic N) is 2. The summed E-state index contributed by atoms with van der Waals surface area (Å²) < 4.78 is 31.3. The molecular formula is C17H18BrN3O5S. The quantitative estimate of drug-likeness (QED) is 0.696. The van der Waals surface area contributed by atoms with E-state index in [2.05, 4.69) is 21.2 Å². The minimum atomic E-state index is -3.73. The zero-order valence-corrected chi connectivity index (χ0v) is 17.3. The van der Waals surface area contributed by atoms with Crippen molar-refractivity contribution in [3.05, 3.63) is 52.2 Å². The Hall–Kier alpha value is -2.17. The molecule has 1 aromatic heterocycles. The molecular weight excluding hydrogens is 438 g/mol. The van der Waals surface area contributed by atoms with Gasteiger partial charge < -0.3 is 9.73 Å². The Kier molecular flexibility index (Phi) is 4.91. The first-order valence-corrected chi connectivity index (χ1v) is 10.2. The van der Waals surface area contributed by atoms with E-state index in [1.54, 1.807) is 25.1 Å². The third-order valence-corrected chi connectivity index (χ3v) is 6.75. The van der Waals surface area contributed by atoms with Crippen molar-refractivity contribution in [3.8, 4) is 0 Å². The highest BCUT2D eigenvalue weighted by molar-refractivity contribution is 9.10. The average molecular weight is 456 g/mol. The molecule has 0 aliphatic carbocycles. The molecule has 10 heteroatoms. The first-order valence-electron chi connectivity index (χ1n) is 7.97. The minimum absolute atomic E-state index is 0.173. The lowest BCUT2D eigenvalue weighted by molar-refractivity contribution is -0.131. The number of halogens is 1. The molecule has 0 saturated carbocycles. The Morgan fingerprint density at radius 1 is 1.19 bits per heavy atom. The molecule has 8 nitrogen and oxygen atoms in total. The Balaban J connectivity index is 1.87. The van der Waals surface area contributed by atoms with E-state index >= 15 is 0 Å². The van der Waals surface area contributed by atoms with Crippen LogP contribution in [0.5, 0.6) is 0 Å². The number of hydrogen-bond acceptors (Lipinski definition) is 5. The molecule has 1 saturated heterocycles. The maximum Gasteiger partial charge on any atom is 0.325 e. The van der Waals surface area contributed by atoms with Gasteiger partial charge >= 0.3 is 6.03 Å². The lowest BCUT2D eigenvalue weighted by Gasteiger charge is -2.23. The van der Waals surface area contributed by atoms with E-state index in [9.17, 15) is 18.0 Å². The van der Waals surface area contributed by atoms with Gasteiger partial charge in [0.15, 0.2) is 0 Å². The number of amides is 3. The SMILES string of the molecule is CN(C)S(=O)(=O)c1ccc(CN2C(=O)NC(C)(c3ccccc3Br)C2=O)o1. The van der Waals surface area contributed by atoms with Crippen LogP contribution >= 0.6 is 15.9 Å². The summed E-state index contributed by atoms with van der Waals surface area (Å²) >= 11 is 3.40. The lowest BCUT2D eigenvalue weighted by atomic mass is 9.92. The third-order valence-electron chi connectivity index (χ3n) is 4.37. The summed E-state index contributed by atoms with van der Waals surface area (Å²) in [6.45, 7) is 1.45. The highest BCUT2D eigenvalue weighted by atomic mass is 79.9. The van der Waals surface area contributed by atoms with Crippen LogP contribution in [-0.2, 0) is 26.9 Å². The van der Waals surface area contributed by atoms with Crippen molar-refractivity contribution in [1.29, 1.82) is 0 Å². The van der Waals surface area contributed by atoms with Crippen molar-refractivity contribution in [3.63, 3.8) is 0 Å². The van der Waals surface area contributed by atoms with E-state index in [1.165, 1.54) is 26.2 Å². The first kappa shape index (κ1) is 19.6. The lowest BCUT2D eigenvalue weighted by Crippen LogP contribution is -2.41. The number of rotatable bonds is 5. The number of sulfonamides is 1. The second-order valence-electron chi connectivity index (χ2n) is 6.43. The van der Waals surface area contributed by atoms with Gasteiger partial charge in [0.05, 0.1) is 6.54 Å². The predicted octanol–water partition coefficient (Wildman–Crippen LogP) is 2.26. The van der Waals surface area contributed by atoms with Gasteiger partial charge in [0.25, 0.3) is 15.9 Å². The summed E-state index contributed by atoms with van der Waals surface area (Å²) in [6.07, 6.45) is 0. The molecule has 27 heavy (non-hydrogen) atoms. The van der Waals surface area contributed by atoms with Crippen LogP contribution in [0.4, 0.5) is 4.79 Å². The molecule has 0 radical (unpaired) electrons. The summed E-state index contributed by atoms with van der Waals surface area (Å²) in [6, 6.07) is 9.28. The molecule has 1 atom stereocenters. The highest BCUT2D eigenvalue weighted by Gasteiger charge is 2.50. The number of furan rings is 1. The average Bonchev–Trinajstić information content (AvgIpc) is 3.15.